The van der Waals surface area contributed by atoms with Crippen molar-refractivity contribution in [3.63, 3.8) is 0 Å². The summed E-state index contributed by atoms with van der Waals surface area (Å²) in [4.78, 5) is 28.3. The summed E-state index contributed by atoms with van der Waals surface area (Å²) in [6.45, 7) is 7.51. The van der Waals surface area contributed by atoms with Crippen LogP contribution in [0, 0.1) is 18.2 Å². The van der Waals surface area contributed by atoms with E-state index in [9.17, 15) is 14.0 Å². The lowest BCUT2D eigenvalue weighted by molar-refractivity contribution is 0.101. The molecule has 6 nitrogen and oxygen atoms in total. The predicted octanol–water partition coefficient (Wildman–Crippen LogP) is 3.49. The first kappa shape index (κ1) is 19.8. The molecule has 2 fully saturated rings. The van der Waals surface area contributed by atoms with Gasteiger partial charge in [-0.15, -0.1) is 0 Å². The Bertz CT molecular complexity index is 910. The van der Waals surface area contributed by atoms with Gasteiger partial charge >= 0.3 is 6.03 Å². The third kappa shape index (κ3) is 4.24. The molecule has 0 N–H and O–H groups in total. The van der Waals surface area contributed by atoms with Crippen LogP contribution in [-0.4, -0.2) is 57.6 Å². The summed E-state index contributed by atoms with van der Waals surface area (Å²) < 4.78 is 14.9. The lowest BCUT2D eigenvalue weighted by Crippen LogP contribution is -2.45. The number of hydrogen-bond donors (Lipinski definition) is 0. The monoisotopic (exact) mass is 398 g/mol. The highest BCUT2D eigenvalue weighted by molar-refractivity contribution is 5.92. The number of ketones is 1. The number of rotatable bonds is 3. The van der Waals surface area contributed by atoms with Crippen LogP contribution >= 0.6 is 0 Å². The summed E-state index contributed by atoms with van der Waals surface area (Å²) in [5.74, 6) is -0.319. The average Bonchev–Trinajstić information content (AvgIpc) is 3.29. The Morgan fingerprint density at radius 2 is 1.86 bits per heavy atom. The van der Waals surface area contributed by atoms with Crippen molar-refractivity contribution in [3.8, 4) is 0 Å². The third-order valence-corrected chi connectivity index (χ3v) is 6.27. The van der Waals surface area contributed by atoms with Crippen LogP contribution in [0.4, 0.5) is 9.18 Å². The number of aromatic nitrogens is 2. The molecule has 2 saturated heterocycles. The number of likely N-dealkylation sites (tertiary alicyclic amines) is 2. The van der Waals surface area contributed by atoms with Gasteiger partial charge in [0.2, 0.25) is 0 Å². The first-order chi connectivity index (χ1) is 13.8. The standard InChI is InChI=1S/C22H27FN4O2/c1-16-11-18(13-19(23)12-16)14-25-8-4-22(15-25)5-9-26(10-6-22)21(29)27-7-3-20(24-27)17(2)28/h3,7,11-13H,4-6,8-10,14-15H2,1-2H3. The summed E-state index contributed by atoms with van der Waals surface area (Å²) in [7, 11) is 0. The molecular formula is C22H27FN4O2. The zero-order valence-electron chi connectivity index (χ0n) is 17.0. The van der Waals surface area contributed by atoms with Gasteiger partial charge in [0.25, 0.3) is 0 Å². The largest absolute Gasteiger partial charge is 0.344 e. The van der Waals surface area contributed by atoms with Crippen molar-refractivity contribution >= 4 is 11.8 Å². The SMILES string of the molecule is CC(=O)c1ccn(C(=O)N2CCC3(CCN(Cc4cc(C)cc(F)c4)C3)CC2)n1. The second-order valence-corrected chi connectivity index (χ2v) is 8.57. The number of benzene rings is 1. The Kier molecular flexibility index (Phi) is 5.25. The topological polar surface area (TPSA) is 58.4 Å². The smallest absolute Gasteiger partial charge is 0.323 e. The van der Waals surface area contributed by atoms with Crippen LogP contribution in [0.2, 0.25) is 0 Å². The number of Topliss-reactive ketones (excluding diaryl/α,β-unsaturated/α-hetero) is 1. The Morgan fingerprint density at radius 3 is 2.52 bits per heavy atom. The van der Waals surface area contributed by atoms with E-state index in [1.807, 2.05) is 11.8 Å². The van der Waals surface area contributed by atoms with Crippen molar-refractivity contribution in [1.82, 2.24) is 19.6 Å². The summed E-state index contributed by atoms with van der Waals surface area (Å²) >= 11 is 0. The highest BCUT2D eigenvalue weighted by Gasteiger charge is 2.41. The summed E-state index contributed by atoms with van der Waals surface area (Å²) in [6.07, 6.45) is 4.58. The molecule has 3 heterocycles. The molecule has 2 aliphatic heterocycles. The Morgan fingerprint density at radius 1 is 1.14 bits per heavy atom. The third-order valence-electron chi connectivity index (χ3n) is 6.27. The van der Waals surface area contributed by atoms with Gasteiger partial charge in [-0.05, 0) is 67.5 Å². The van der Waals surface area contributed by atoms with Crippen LogP contribution in [0.3, 0.4) is 0 Å². The molecule has 7 heteroatoms. The van der Waals surface area contributed by atoms with Crippen LogP contribution in [0.25, 0.3) is 0 Å². The summed E-state index contributed by atoms with van der Waals surface area (Å²) in [5.41, 5.74) is 2.51. The van der Waals surface area contributed by atoms with Gasteiger partial charge in [0, 0.05) is 39.3 Å². The van der Waals surface area contributed by atoms with Gasteiger partial charge in [0.1, 0.15) is 11.5 Å². The minimum atomic E-state index is -0.174. The summed E-state index contributed by atoms with van der Waals surface area (Å²) in [5, 5.41) is 4.08. The first-order valence-corrected chi connectivity index (χ1v) is 10.2. The van der Waals surface area contributed by atoms with Gasteiger partial charge in [0.05, 0.1) is 0 Å². The molecule has 0 aliphatic carbocycles. The Hall–Kier alpha value is -2.54. The minimum absolute atomic E-state index is 0.145. The number of halogens is 1. The van der Waals surface area contributed by atoms with Crippen molar-refractivity contribution in [1.29, 1.82) is 0 Å². The number of amides is 1. The van der Waals surface area contributed by atoms with E-state index in [4.69, 9.17) is 0 Å². The molecule has 1 aromatic carbocycles. The maximum Gasteiger partial charge on any atom is 0.344 e. The molecule has 1 amide bonds. The number of hydrogen-bond acceptors (Lipinski definition) is 4. The van der Waals surface area contributed by atoms with Gasteiger partial charge in [-0.1, -0.05) is 6.07 Å². The van der Waals surface area contributed by atoms with Crippen molar-refractivity contribution in [2.75, 3.05) is 26.2 Å². The maximum atomic E-state index is 13.7. The molecule has 0 saturated carbocycles. The molecule has 0 unspecified atom stereocenters. The maximum absolute atomic E-state index is 13.7. The molecule has 2 aromatic rings. The Labute approximate surface area is 170 Å². The average molecular weight is 398 g/mol. The molecule has 4 rings (SSSR count). The molecule has 0 radical (unpaired) electrons. The van der Waals surface area contributed by atoms with Crippen molar-refractivity contribution < 1.29 is 14.0 Å². The van der Waals surface area contributed by atoms with Crippen LogP contribution in [0.5, 0.6) is 0 Å². The lowest BCUT2D eigenvalue weighted by Gasteiger charge is -2.39. The van der Waals surface area contributed by atoms with Gasteiger partial charge in [-0.2, -0.15) is 9.78 Å². The normalized spacial score (nSPS) is 19.1. The fourth-order valence-electron chi connectivity index (χ4n) is 4.67. The van der Waals surface area contributed by atoms with E-state index in [1.165, 1.54) is 11.6 Å². The van der Waals surface area contributed by atoms with E-state index < -0.39 is 0 Å². The van der Waals surface area contributed by atoms with E-state index in [2.05, 4.69) is 16.1 Å². The lowest BCUT2D eigenvalue weighted by atomic mass is 9.78. The second kappa shape index (κ2) is 7.71. The molecule has 2 aliphatic rings. The van der Waals surface area contributed by atoms with Crippen LogP contribution in [0.15, 0.2) is 30.5 Å². The molecule has 1 aromatic heterocycles. The van der Waals surface area contributed by atoms with Gasteiger partial charge in [0.15, 0.2) is 5.78 Å². The quantitative estimate of drug-likeness (QED) is 0.743. The second-order valence-electron chi connectivity index (χ2n) is 8.57. The fourth-order valence-corrected chi connectivity index (χ4v) is 4.67. The molecule has 154 valence electrons. The van der Waals surface area contributed by atoms with E-state index in [0.29, 0.717) is 18.8 Å². The van der Waals surface area contributed by atoms with E-state index in [0.717, 1.165) is 50.0 Å². The number of nitrogens with zero attached hydrogens (tertiary/aromatic N) is 4. The highest BCUT2D eigenvalue weighted by atomic mass is 19.1. The molecule has 1 spiro atoms. The number of carbonyl (C=O) groups excluding carboxylic acids is 2. The van der Waals surface area contributed by atoms with Crippen molar-refractivity contribution in [3.05, 3.63) is 53.1 Å². The number of aryl methyl sites for hydroxylation is 1. The molecule has 0 bridgehead atoms. The van der Waals surface area contributed by atoms with Crippen LogP contribution in [0.1, 0.15) is 47.8 Å². The zero-order chi connectivity index (χ0) is 20.6. The first-order valence-electron chi connectivity index (χ1n) is 10.2. The predicted molar refractivity (Wildman–Crippen MR) is 107 cm³/mol. The van der Waals surface area contributed by atoms with Crippen molar-refractivity contribution in [2.24, 2.45) is 5.41 Å². The van der Waals surface area contributed by atoms with Gasteiger partial charge < -0.3 is 4.90 Å². The molecule has 0 atom stereocenters. The highest BCUT2D eigenvalue weighted by Crippen LogP contribution is 2.41. The van der Waals surface area contributed by atoms with Crippen molar-refractivity contribution in [2.45, 2.75) is 39.7 Å². The minimum Gasteiger partial charge on any atom is -0.323 e. The Balaban J connectivity index is 1.34. The fraction of sp³-hybridized carbons (Fsp3) is 0.500. The summed E-state index contributed by atoms with van der Waals surface area (Å²) in [6, 6.07) is 6.64. The van der Waals surface area contributed by atoms with Gasteiger partial charge in [-0.3, -0.25) is 9.69 Å². The number of carbonyl (C=O) groups is 2. The van der Waals surface area contributed by atoms with Crippen LogP contribution < -0.4 is 0 Å². The van der Waals surface area contributed by atoms with E-state index in [-0.39, 0.29) is 23.0 Å². The van der Waals surface area contributed by atoms with Crippen LogP contribution in [-0.2, 0) is 6.54 Å². The molecular weight excluding hydrogens is 371 g/mol. The number of piperidine rings is 1. The van der Waals surface area contributed by atoms with E-state index >= 15 is 0 Å². The van der Waals surface area contributed by atoms with E-state index in [1.54, 1.807) is 24.4 Å². The molecule has 29 heavy (non-hydrogen) atoms. The van der Waals surface area contributed by atoms with Gasteiger partial charge in [-0.25, -0.2) is 9.18 Å². The zero-order valence-corrected chi connectivity index (χ0v) is 17.0.